The Bertz CT molecular complexity index is 623. The summed E-state index contributed by atoms with van der Waals surface area (Å²) in [5.41, 5.74) is 0.310. The van der Waals surface area contributed by atoms with E-state index in [-0.39, 0.29) is 23.6 Å². The lowest BCUT2D eigenvalue weighted by Gasteiger charge is -2.24. The van der Waals surface area contributed by atoms with Gasteiger partial charge < -0.3 is 5.32 Å². The molecule has 0 atom stereocenters. The highest BCUT2D eigenvalue weighted by Crippen LogP contribution is 2.07. The van der Waals surface area contributed by atoms with Crippen molar-refractivity contribution in [1.82, 2.24) is 15.1 Å². The Morgan fingerprint density at radius 1 is 1.45 bits per heavy atom. The zero-order chi connectivity index (χ0) is 15.5. The quantitative estimate of drug-likeness (QED) is 0.890. The third-order valence-electron chi connectivity index (χ3n) is 3.40. The van der Waals surface area contributed by atoms with Crippen LogP contribution < -0.4 is 10.9 Å². The molecule has 1 aromatic heterocycles. The molecular formula is C14H20N4O2. The molecule has 0 fully saturated rings. The second kappa shape index (κ2) is 5.87. The molecule has 0 unspecified atom stereocenters. The van der Waals surface area contributed by atoms with E-state index in [1.807, 2.05) is 26.8 Å². The number of nitrogens with one attached hydrogen (secondary N) is 1. The van der Waals surface area contributed by atoms with Gasteiger partial charge in [0.1, 0.15) is 18.2 Å². The van der Waals surface area contributed by atoms with Gasteiger partial charge >= 0.3 is 0 Å². The minimum atomic E-state index is -0.528. The normalized spacial score (nSPS) is 11.0. The Labute approximate surface area is 118 Å². The standard InChI is InChI=1S/C14H20N4O2/c1-6-14(4,5)16-12(19)8-18-13(20)11(7-15)9(2)10(3)17-18/h6,8H2,1-5H3,(H,16,19). The Hall–Kier alpha value is -2.16. The molecule has 6 heteroatoms. The molecule has 0 saturated heterocycles. The maximum atomic E-state index is 12.0. The smallest absolute Gasteiger partial charge is 0.285 e. The van der Waals surface area contributed by atoms with E-state index in [9.17, 15) is 9.59 Å². The molecule has 1 aromatic rings. The number of amides is 1. The molecule has 0 aromatic carbocycles. The van der Waals surface area contributed by atoms with Crippen molar-refractivity contribution in [2.45, 2.75) is 53.1 Å². The average molecular weight is 276 g/mol. The summed E-state index contributed by atoms with van der Waals surface area (Å²) in [6, 6.07) is 1.87. The number of carbonyl (C=O) groups is 1. The molecule has 0 aliphatic carbocycles. The molecule has 0 saturated carbocycles. The van der Waals surface area contributed by atoms with Gasteiger partial charge in [-0.1, -0.05) is 6.92 Å². The predicted octanol–water partition coefficient (Wildman–Crippen LogP) is 1.04. The summed E-state index contributed by atoms with van der Waals surface area (Å²) in [6.07, 6.45) is 0.775. The monoisotopic (exact) mass is 276 g/mol. The first-order chi connectivity index (χ1) is 9.21. The number of carbonyl (C=O) groups excluding carboxylic acids is 1. The molecule has 1 heterocycles. The molecular weight excluding hydrogens is 256 g/mol. The molecule has 0 aliphatic rings. The molecule has 108 valence electrons. The molecule has 1 amide bonds. The van der Waals surface area contributed by atoms with Crippen molar-refractivity contribution in [3.05, 3.63) is 27.2 Å². The van der Waals surface area contributed by atoms with Crippen molar-refractivity contribution >= 4 is 5.91 Å². The second-order valence-electron chi connectivity index (χ2n) is 5.45. The van der Waals surface area contributed by atoms with Crippen LogP contribution in [0.15, 0.2) is 4.79 Å². The summed E-state index contributed by atoms with van der Waals surface area (Å²) in [7, 11) is 0. The van der Waals surface area contributed by atoms with Crippen molar-refractivity contribution in [2.75, 3.05) is 0 Å². The van der Waals surface area contributed by atoms with Crippen LogP contribution in [0.5, 0.6) is 0 Å². The van der Waals surface area contributed by atoms with Crippen molar-refractivity contribution in [3.63, 3.8) is 0 Å². The predicted molar refractivity (Wildman–Crippen MR) is 75.2 cm³/mol. The van der Waals surface area contributed by atoms with Gasteiger partial charge in [-0.3, -0.25) is 9.59 Å². The number of nitrogens with zero attached hydrogens (tertiary/aromatic N) is 3. The summed E-state index contributed by atoms with van der Waals surface area (Å²) in [6.45, 7) is 8.98. The molecule has 0 bridgehead atoms. The SMILES string of the molecule is CCC(C)(C)NC(=O)Cn1nc(C)c(C)c(C#N)c1=O. The van der Waals surface area contributed by atoms with Gasteiger partial charge in [-0.05, 0) is 39.7 Å². The van der Waals surface area contributed by atoms with Crippen LogP contribution in [-0.4, -0.2) is 21.2 Å². The summed E-state index contributed by atoms with van der Waals surface area (Å²) in [5, 5.41) is 15.9. The first-order valence-electron chi connectivity index (χ1n) is 6.51. The van der Waals surface area contributed by atoms with Gasteiger partial charge in [0, 0.05) is 5.54 Å². The Morgan fingerprint density at radius 2 is 2.05 bits per heavy atom. The van der Waals surface area contributed by atoms with Crippen molar-refractivity contribution in [2.24, 2.45) is 0 Å². The molecule has 1 rings (SSSR count). The fourth-order valence-electron chi connectivity index (χ4n) is 1.65. The largest absolute Gasteiger partial charge is 0.350 e. The lowest BCUT2D eigenvalue weighted by molar-refractivity contribution is -0.123. The fraction of sp³-hybridized carbons (Fsp3) is 0.571. The molecule has 0 radical (unpaired) electrons. The Balaban J connectivity index is 3.06. The van der Waals surface area contributed by atoms with Gasteiger partial charge in [0.2, 0.25) is 5.91 Å². The van der Waals surface area contributed by atoms with Crippen LogP contribution >= 0.6 is 0 Å². The first kappa shape index (κ1) is 15.9. The summed E-state index contributed by atoms with van der Waals surface area (Å²) >= 11 is 0. The van der Waals surface area contributed by atoms with E-state index in [1.54, 1.807) is 13.8 Å². The van der Waals surface area contributed by atoms with E-state index in [1.165, 1.54) is 0 Å². The minimum absolute atomic E-state index is 0.0417. The molecule has 0 aliphatic heterocycles. The van der Waals surface area contributed by atoms with Crippen molar-refractivity contribution in [3.8, 4) is 6.07 Å². The van der Waals surface area contributed by atoms with Gasteiger partial charge in [-0.2, -0.15) is 10.4 Å². The summed E-state index contributed by atoms with van der Waals surface area (Å²) < 4.78 is 1.04. The summed E-state index contributed by atoms with van der Waals surface area (Å²) in [4.78, 5) is 24.0. The van der Waals surface area contributed by atoms with Crippen LogP contribution in [-0.2, 0) is 11.3 Å². The molecule has 20 heavy (non-hydrogen) atoms. The van der Waals surface area contributed by atoms with Crippen LogP contribution in [0.25, 0.3) is 0 Å². The van der Waals surface area contributed by atoms with Gasteiger partial charge in [0.25, 0.3) is 5.56 Å². The average Bonchev–Trinajstić information content (AvgIpc) is 2.36. The van der Waals surface area contributed by atoms with E-state index < -0.39 is 5.56 Å². The van der Waals surface area contributed by atoms with Gasteiger partial charge in [0.05, 0.1) is 5.69 Å². The molecule has 0 spiro atoms. The number of hydrogen-bond donors (Lipinski definition) is 1. The lowest BCUT2D eigenvalue weighted by atomic mass is 10.0. The number of rotatable bonds is 4. The van der Waals surface area contributed by atoms with Crippen LogP contribution in [0.4, 0.5) is 0 Å². The summed E-state index contributed by atoms with van der Waals surface area (Å²) in [5.74, 6) is -0.293. The second-order valence-corrected chi connectivity index (χ2v) is 5.45. The van der Waals surface area contributed by atoms with E-state index in [2.05, 4.69) is 10.4 Å². The van der Waals surface area contributed by atoms with E-state index in [4.69, 9.17) is 5.26 Å². The van der Waals surface area contributed by atoms with Crippen LogP contribution in [0.1, 0.15) is 44.0 Å². The highest BCUT2D eigenvalue weighted by molar-refractivity contribution is 5.76. The number of aromatic nitrogens is 2. The zero-order valence-corrected chi connectivity index (χ0v) is 12.6. The van der Waals surface area contributed by atoms with Gasteiger partial charge in [0.15, 0.2) is 0 Å². The zero-order valence-electron chi connectivity index (χ0n) is 12.6. The van der Waals surface area contributed by atoms with E-state index in [0.717, 1.165) is 11.1 Å². The lowest BCUT2D eigenvalue weighted by Crippen LogP contribution is -2.45. The molecule has 6 nitrogen and oxygen atoms in total. The van der Waals surface area contributed by atoms with Crippen molar-refractivity contribution < 1.29 is 4.79 Å². The number of hydrogen-bond acceptors (Lipinski definition) is 4. The van der Waals surface area contributed by atoms with Crippen LogP contribution in [0, 0.1) is 25.2 Å². The fourth-order valence-corrected chi connectivity index (χ4v) is 1.65. The van der Waals surface area contributed by atoms with Crippen LogP contribution in [0.2, 0.25) is 0 Å². The number of aryl methyl sites for hydroxylation is 1. The highest BCUT2D eigenvalue weighted by atomic mass is 16.2. The minimum Gasteiger partial charge on any atom is -0.350 e. The molecule has 1 N–H and O–H groups in total. The maximum absolute atomic E-state index is 12.0. The maximum Gasteiger partial charge on any atom is 0.285 e. The van der Waals surface area contributed by atoms with Gasteiger partial charge in [-0.15, -0.1) is 0 Å². The third kappa shape index (κ3) is 3.44. The van der Waals surface area contributed by atoms with E-state index >= 15 is 0 Å². The van der Waals surface area contributed by atoms with Gasteiger partial charge in [-0.25, -0.2) is 4.68 Å². The van der Waals surface area contributed by atoms with Crippen molar-refractivity contribution in [1.29, 1.82) is 5.26 Å². The highest BCUT2D eigenvalue weighted by Gasteiger charge is 2.19. The topological polar surface area (TPSA) is 87.8 Å². The first-order valence-corrected chi connectivity index (χ1v) is 6.51. The third-order valence-corrected chi connectivity index (χ3v) is 3.40. The Morgan fingerprint density at radius 3 is 2.55 bits per heavy atom. The van der Waals surface area contributed by atoms with E-state index in [0.29, 0.717) is 11.3 Å². The Kier molecular flexibility index (Phi) is 4.66. The number of nitriles is 1. The van der Waals surface area contributed by atoms with Crippen LogP contribution in [0.3, 0.4) is 0 Å².